The molecule has 1 aliphatic heterocycles. The Bertz CT molecular complexity index is 805. The summed E-state index contributed by atoms with van der Waals surface area (Å²) >= 11 is 0. The largest absolute Gasteiger partial charge is 0.497 e. The van der Waals surface area contributed by atoms with Gasteiger partial charge in [0.15, 0.2) is 0 Å². The van der Waals surface area contributed by atoms with Gasteiger partial charge in [-0.1, -0.05) is 0 Å². The summed E-state index contributed by atoms with van der Waals surface area (Å²) in [6.07, 6.45) is 1.71. The molecule has 8 nitrogen and oxygen atoms in total. The molecular weight excluding hydrogens is 350 g/mol. The van der Waals surface area contributed by atoms with E-state index >= 15 is 0 Å². The fourth-order valence-electron chi connectivity index (χ4n) is 3.29. The van der Waals surface area contributed by atoms with Gasteiger partial charge in [-0.3, -0.25) is 4.79 Å². The van der Waals surface area contributed by atoms with Crippen LogP contribution in [-0.2, 0) is 0 Å². The van der Waals surface area contributed by atoms with Gasteiger partial charge in [-0.25, -0.2) is 0 Å². The van der Waals surface area contributed by atoms with Crippen molar-refractivity contribution in [3.05, 3.63) is 35.5 Å². The molecule has 27 heavy (non-hydrogen) atoms. The molecule has 0 unspecified atom stereocenters. The summed E-state index contributed by atoms with van der Waals surface area (Å²) in [6.45, 7) is 0.624. The van der Waals surface area contributed by atoms with E-state index in [-0.39, 0.29) is 29.5 Å². The molecular formula is C19H23N3O5. The van der Waals surface area contributed by atoms with Crippen molar-refractivity contribution in [1.29, 1.82) is 0 Å². The Morgan fingerprint density at radius 1 is 1.04 bits per heavy atom. The molecule has 2 aromatic rings. The second kappa shape index (κ2) is 8.11. The second-order valence-electron chi connectivity index (χ2n) is 6.05. The highest BCUT2D eigenvalue weighted by Crippen LogP contribution is 2.39. The van der Waals surface area contributed by atoms with E-state index < -0.39 is 0 Å². The third kappa shape index (κ3) is 3.74. The van der Waals surface area contributed by atoms with E-state index in [1.807, 2.05) is 18.2 Å². The van der Waals surface area contributed by atoms with Crippen molar-refractivity contribution in [3.63, 3.8) is 0 Å². The molecule has 1 aromatic heterocycles. The summed E-state index contributed by atoms with van der Waals surface area (Å²) in [5.74, 6) is 1.51. The Morgan fingerprint density at radius 2 is 1.85 bits per heavy atom. The first-order valence-electron chi connectivity index (χ1n) is 8.61. The van der Waals surface area contributed by atoms with Crippen LogP contribution in [0.5, 0.6) is 23.4 Å². The van der Waals surface area contributed by atoms with Gasteiger partial charge in [0.2, 0.25) is 5.88 Å². The van der Waals surface area contributed by atoms with E-state index in [1.54, 1.807) is 19.1 Å². The van der Waals surface area contributed by atoms with Crippen LogP contribution >= 0.6 is 0 Å². The molecule has 3 rings (SSSR count). The number of amides is 1. The van der Waals surface area contributed by atoms with Gasteiger partial charge in [0.1, 0.15) is 17.2 Å². The summed E-state index contributed by atoms with van der Waals surface area (Å²) in [7, 11) is 6.16. The number of ether oxygens (including phenoxy) is 4. The van der Waals surface area contributed by atoms with Crippen LogP contribution in [0.2, 0.25) is 0 Å². The summed E-state index contributed by atoms with van der Waals surface area (Å²) in [6, 6.07) is 7.08. The maximum Gasteiger partial charge on any atom is 0.320 e. The molecule has 1 amide bonds. The third-order valence-electron chi connectivity index (χ3n) is 4.60. The first-order chi connectivity index (χ1) is 13.1. The monoisotopic (exact) mass is 373 g/mol. The predicted octanol–water partition coefficient (Wildman–Crippen LogP) is 2.49. The van der Waals surface area contributed by atoms with Crippen LogP contribution in [0.15, 0.2) is 24.3 Å². The van der Waals surface area contributed by atoms with Crippen molar-refractivity contribution >= 4 is 5.91 Å². The van der Waals surface area contributed by atoms with Gasteiger partial charge in [0.05, 0.1) is 34.5 Å². The van der Waals surface area contributed by atoms with Crippen LogP contribution in [-0.4, -0.2) is 55.8 Å². The minimum Gasteiger partial charge on any atom is -0.497 e. The van der Waals surface area contributed by atoms with Gasteiger partial charge in [-0.05, 0) is 31.0 Å². The molecule has 1 fully saturated rings. The van der Waals surface area contributed by atoms with E-state index in [0.29, 0.717) is 6.54 Å². The molecule has 1 aromatic carbocycles. The number of rotatable bonds is 6. The Balaban J connectivity index is 1.96. The molecule has 1 saturated heterocycles. The first kappa shape index (κ1) is 18.8. The van der Waals surface area contributed by atoms with Crippen LogP contribution in [0, 0.1) is 0 Å². The highest BCUT2D eigenvalue weighted by Gasteiger charge is 2.34. The molecule has 8 heteroatoms. The maximum atomic E-state index is 13.2. The number of likely N-dealkylation sites (tertiary alicyclic amines) is 1. The van der Waals surface area contributed by atoms with Crippen LogP contribution in [0.3, 0.4) is 0 Å². The summed E-state index contributed by atoms with van der Waals surface area (Å²) in [5.41, 5.74) is 1.14. The fourth-order valence-corrected chi connectivity index (χ4v) is 3.29. The number of methoxy groups -OCH3 is 4. The zero-order chi connectivity index (χ0) is 19.4. The lowest BCUT2D eigenvalue weighted by Gasteiger charge is -2.26. The Labute approximate surface area is 158 Å². The molecule has 0 bridgehead atoms. The number of nitrogens with zero attached hydrogens (tertiary/aromatic N) is 3. The Kier molecular flexibility index (Phi) is 5.63. The zero-order valence-electron chi connectivity index (χ0n) is 15.9. The molecule has 0 radical (unpaired) electrons. The average Bonchev–Trinajstić information content (AvgIpc) is 3.21. The Hall–Kier alpha value is -3.03. The van der Waals surface area contributed by atoms with Crippen molar-refractivity contribution < 1.29 is 23.7 Å². The highest BCUT2D eigenvalue weighted by molar-refractivity contribution is 5.93. The SMILES string of the molecule is COc1ccc(OC)c([C@@H]2CCCN2C(=O)c2cc(OC)nc(OC)n2)c1. The van der Waals surface area contributed by atoms with Crippen LogP contribution in [0.4, 0.5) is 0 Å². The van der Waals surface area contributed by atoms with Crippen molar-refractivity contribution in [2.24, 2.45) is 0 Å². The number of benzene rings is 1. The lowest BCUT2D eigenvalue weighted by atomic mass is 10.0. The minimum atomic E-state index is -0.207. The summed E-state index contributed by atoms with van der Waals surface area (Å²) in [4.78, 5) is 23.2. The van der Waals surface area contributed by atoms with E-state index in [4.69, 9.17) is 18.9 Å². The van der Waals surface area contributed by atoms with E-state index in [1.165, 1.54) is 20.3 Å². The van der Waals surface area contributed by atoms with Gasteiger partial charge in [-0.2, -0.15) is 9.97 Å². The normalized spacial score (nSPS) is 16.1. The number of hydrogen-bond donors (Lipinski definition) is 0. The van der Waals surface area contributed by atoms with Gasteiger partial charge in [0.25, 0.3) is 5.91 Å². The highest BCUT2D eigenvalue weighted by atomic mass is 16.5. The van der Waals surface area contributed by atoms with Crippen molar-refractivity contribution in [2.45, 2.75) is 18.9 Å². The number of carbonyl (C=O) groups excluding carboxylic acids is 1. The van der Waals surface area contributed by atoms with Gasteiger partial charge in [0, 0.05) is 18.2 Å². The quantitative estimate of drug-likeness (QED) is 0.769. The Morgan fingerprint density at radius 3 is 2.52 bits per heavy atom. The average molecular weight is 373 g/mol. The molecule has 2 heterocycles. The van der Waals surface area contributed by atoms with Crippen molar-refractivity contribution in [3.8, 4) is 23.4 Å². The molecule has 0 saturated carbocycles. The van der Waals surface area contributed by atoms with Crippen LogP contribution in [0.25, 0.3) is 0 Å². The number of carbonyl (C=O) groups is 1. The summed E-state index contributed by atoms with van der Waals surface area (Å²) < 4.78 is 21.1. The molecule has 0 aliphatic carbocycles. The van der Waals surface area contributed by atoms with E-state index in [0.717, 1.165) is 29.9 Å². The predicted molar refractivity (Wildman–Crippen MR) is 97.7 cm³/mol. The van der Waals surface area contributed by atoms with E-state index in [9.17, 15) is 4.79 Å². The van der Waals surface area contributed by atoms with Gasteiger partial charge in [-0.15, -0.1) is 0 Å². The minimum absolute atomic E-state index is 0.0902. The molecule has 144 valence electrons. The van der Waals surface area contributed by atoms with Crippen LogP contribution in [0.1, 0.15) is 34.9 Å². The molecule has 1 atom stereocenters. The van der Waals surface area contributed by atoms with Crippen molar-refractivity contribution in [1.82, 2.24) is 14.9 Å². The summed E-state index contributed by atoms with van der Waals surface area (Å²) in [5, 5.41) is 0. The van der Waals surface area contributed by atoms with Gasteiger partial charge < -0.3 is 23.8 Å². The topological polar surface area (TPSA) is 83.0 Å². The van der Waals surface area contributed by atoms with Crippen LogP contribution < -0.4 is 18.9 Å². The maximum absolute atomic E-state index is 13.2. The molecule has 0 spiro atoms. The second-order valence-corrected chi connectivity index (χ2v) is 6.05. The molecule has 0 N–H and O–H groups in total. The molecule has 1 aliphatic rings. The number of aromatic nitrogens is 2. The smallest absolute Gasteiger partial charge is 0.320 e. The van der Waals surface area contributed by atoms with Gasteiger partial charge >= 0.3 is 6.01 Å². The first-order valence-corrected chi connectivity index (χ1v) is 8.61. The standard InChI is InChI=1S/C19H23N3O5/c1-24-12-7-8-16(25-2)13(10-12)15-6-5-9-22(15)18(23)14-11-17(26-3)21-19(20-14)27-4/h7-8,10-11,15H,5-6,9H2,1-4H3/t15-/m0/s1. The fraction of sp³-hybridized carbons (Fsp3) is 0.421. The lowest BCUT2D eigenvalue weighted by Crippen LogP contribution is -2.31. The zero-order valence-corrected chi connectivity index (χ0v) is 15.9. The van der Waals surface area contributed by atoms with E-state index in [2.05, 4.69) is 9.97 Å². The number of hydrogen-bond acceptors (Lipinski definition) is 7. The third-order valence-corrected chi connectivity index (χ3v) is 4.60. The van der Waals surface area contributed by atoms with Crippen molar-refractivity contribution in [2.75, 3.05) is 35.0 Å². The lowest BCUT2D eigenvalue weighted by molar-refractivity contribution is 0.0726.